The van der Waals surface area contributed by atoms with Crippen LogP contribution >= 0.6 is 12.4 Å². The monoisotopic (exact) mass is 417 g/mol. The maximum atomic E-state index is 12.2. The molecule has 1 aromatic rings. The zero-order valence-corrected chi connectivity index (χ0v) is 16.6. The Kier molecular flexibility index (Phi) is 8.74. The number of benzene rings is 1. The minimum atomic E-state index is -0.815. The van der Waals surface area contributed by atoms with Gasteiger partial charge in [-0.05, 0) is 24.3 Å². The van der Waals surface area contributed by atoms with Gasteiger partial charge in [-0.2, -0.15) is 0 Å². The highest BCUT2D eigenvalue weighted by Gasteiger charge is 2.46. The topological polar surface area (TPSA) is 113 Å². The van der Waals surface area contributed by atoms with Crippen molar-refractivity contribution in [3.8, 4) is 5.75 Å². The van der Waals surface area contributed by atoms with Crippen molar-refractivity contribution in [1.29, 1.82) is 0 Å². The number of hydrogen-bond donors (Lipinski definition) is 4. The second kappa shape index (κ2) is 10.8. The number of ether oxygens (including phenoxy) is 3. The Morgan fingerprint density at radius 2 is 1.93 bits per heavy atom. The van der Waals surface area contributed by atoms with Gasteiger partial charge < -0.3 is 35.1 Å². The lowest BCUT2D eigenvalue weighted by atomic mass is 10.0. The lowest BCUT2D eigenvalue weighted by Gasteiger charge is -2.36. The molecule has 0 aliphatic carbocycles. The van der Waals surface area contributed by atoms with Crippen molar-refractivity contribution in [2.75, 3.05) is 51.9 Å². The van der Waals surface area contributed by atoms with Crippen LogP contribution < -0.4 is 15.4 Å². The van der Waals surface area contributed by atoms with E-state index in [4.69, 9.17) is 14.2 Å². The highest BCUT2D eigenvalue weighted by Crippen LogP contribution is 2.26. The molecule has 28 heavy (non-hydrogen) atoms. The van der Waals surface area contributed by atoms with Crippen LogP contribution in [0.15, 0.2) is 24.3 Å². The lowest BCUT2D eigenvalue weighted by Crippen LogP contribution is -2.54. The van der Waals surface area contributed by atoms with Gasteiger partial charge in [-0.1, -0.05) is 0 Å². The normalized spacial score (nSPS) is 27.7. The largest absolute Gasteiger partial charge is 0.497 e. The Labute approximate surface area is 170 Å². The number of aliphatic hydroxyl groups is 2. The third kappa shape index (κ3) is 5.47. The molecule has 2 amide bonds. The van der Waals surface area contributed by atoms with Gasteiger partial charge in [0.05, 0.1) is 39.1 Å². The van der Waals surface area contributed by atoms with Gasteiger partial charge >= 0.3 is 6.03 Å². The Morgan fingerprint density at radius 3 is 2.54 bits per heavy atom. The number of morpholine rings is 1. The van der Waals surface area contributed by atoms with Gasteiger partial charge in [0.25, 0.3) is 0 Å². The summed E-state index contributed by atoms with van der Waals surface area (Å²) >= 11 is 0. The molecule has 4 atom stereocenters. The van der Waals surface area contributed by atoms with Gasteiger partial charge in [-0.15, -0.1) is 12.4 Å². The molecule has 10 heteroatoms. The van der Waals surface area contributed by atoms with E-state index in [0.717, 1.165) is 0 Å². The van der Waals surface area contributed by atoms with Crippen LogP contribution in [-0.2, 0) is 9.47 Å². The molecule has 158 valence electrons. The number of aliphatic hydroxyl groups excluding tert-OH is 2. The van der Waals surface area contributed by atoms with E-state index >= 15 is 0 Å². The summed E-state index contributed by atoms with van der Waals surface area (Å²) in [6.45, 7) is 2.49. The number of halogens is 1. The van der Waals surface area contributed by atoms with Crippen LogP contribution in [0.5, 0.6) is 5.75 Å². The van der Waals surface area contributed by atoms with Crippen molar-refractivity contribution in [3.63, 3.8) is 0 Å². The van der Waals surface area contributed by atoms with Crippen molar-refractivity contribution in [3.05, 3.63) is 24.3 Å². The SMILES string of the molecule is COc1ccc(NC(=O)NC[C@H]2O[C@@H](CO)[C@@H](O)[C@H]2N2CCOCC2)cc1.Cl. The number of nitrogens with zero attached hydrogens (tertiary/aromatic N) is 1. The number of nitrogens with one attached hydrogen (secondary N) is 2. The third-order valence-corrected chi connectivity index (χ3v) is 4.92. The Bertz CT molecular complexity index is 614. The molecule has 2 saturated heterocycles. The first-order valence-electron chi connectivity index (χ1n) is 9.07. The van der Waals surface area contributed by atoms with Crippen molar-refractivity contribution in [2.24, 2.45) is 0 Å². The van der Waals surface area contributed by atoms with E-state index < -0.39 is 18.3 Å². The Balaban J connectivity index is 0.00000280. The zero-order chi connectivity index (χ0) is 19.2. The molecule has 2 aliphatic heterocycles. The summed E-state index contributed by atoms with van der Waals surface area (Å²) in [5, 5.41) is 25.5. The van der Waals surface area contributed by atoms with Crippen molar-refractivity contribution in [1.82, 2.24) is 10.2 Å². The molecule has 4 N–H and O–H groups in total. The number of carbonyl (C=O) groups excluding carboxylic acids is 1. The molecule has 3 rings (SSSR count). The molecule has 2 heterocycles. The van der Waals surface area contributed by atoms with Crippen LogP contribution in [0.1, 0.15) is 0 Å². The number of anilines is 1. The van der Waals surface area contributed by atoms with E-state index in [1.54, 1.807) is 31.4 Å². The van der Waals surface area contributed by atoms with Crippen LogP contribution in [0.3, 0.4) is 0 Å². The molecule has 0 aromatic heterocycles. The van der Waals surface area contributed by atoms with E-state index in [1.165, 1.54) is 0 Å². The number of methoxy groups -OCH3 is 1. The highest BCUT2D eigenvalue weighted by atomic mass is 35.5. The third-order valence-electron chi connectivity index (χ3n) is 4.92. The number of urea groups is 1. The van der Waals surface area contributed by atoms with E-state index in [1.807, 2.05) is 0 Å². The summed E-state index contributed by atoms with van der Waals surface area (Å²) in [5.41, 5.74) is 0.638. The average Bonchev–Trinajstić information content (AvgIpc) is 3.03. The molecule has 2 aliphatic rings. The predicted molar refractivity (Wildman–Crippen MR) is 105 cm³/mol. The number of rotatable bonds is 6. The van der Waals surface area contributed by atoms with Crippen molar-refractivity contribution < 1.29 is 29.2 Å². The second-order valence-electron chi connectivity index (χ2n) is 6.59. The summed E-state index contributed by atoms with van der Waals surface area (Å²) in [6.07, 6.45) is -1.89. The van der Waals surface area contributed by atoms with Gasteiger partial charge in [0.15, 0.2) is 0 Å². The number of carbonyl (C=O) groups is 1. The fourth-order valence-corrected chi connectivity index (χ4v) is 3.51. The minimum absolute atomic E-state index is 0. The summed E-state index contributed by atoms with van der Waals surface area (Å²) in [6, 6.07) is 6.33. The van der Waals surface area contributed by atoms with Gasteiger partial charge in [0.2, 0.25) is 0 Å². The van der Waals surface area contributed by atoms with E-state index in [2.05, 4.69) is 15.5 Å². The molecule has 1 aromatic carbocycles. The van der Waals surface area contributed by atoms with Gasteiger partial charge in [0, 0.05) is 25.3 Å². The zero-order valence-electron chi connectivity index (χ0n) is 15.7. The summed E-state index contributed by atoms with van der Waals surface area (Å²) in [4.78, 5) is 14.3. The number of amides is 2. The number of hydrogen-bond acceptors (Lipinski definition) is 7. The van der Waals surface area contributed by atoms with E-state index in [9.17, 15) is 15.0 Å². The standard InChI is InChI=1S/C18H27N3O6.ClH/c1-25-13-4-2-12(3-5-13)20-18(24)19-10-14-16(17(23)15(11-22)27-14)21-6-8-26-9-7-21;/h2-5,14-17,22-23H,6-11H2,1H3,(H2,19,20,24);1H/t14-,15+,16+,17-;/m1./s1. The first-order valence-corrected chi connectivity index (χ1v) is 9.07. The molecule has 0 spiro atoms. The molecule has 0 radical (unpaired) electrons. The lowest BCUT2D eigenvalue weighted by molar-refractivity contribution is -0.0214. The molecule has 0 saturated carbocycles. The van der Waals surface area contributed by atoms with Crippen LogP contribution in [-0.4, -0.2) is 92.1 Å². The molecular formula is C18H28ClN3O6. The van der Waals surface area contributed by atoms with Gasteiger partial charge in [0.1, 0.15) is 18.0 Å². The van der Waals surface area contributed by atoms with E-state index in [-0.39, 0.29) is 37.6 Å². The van der Waals surface area contributed by atoms with Crippen LogP contribution in [0.25, 0.3) is 0 Å². The Hall–Kier alpha value is -1.62. The first-order chi connectivity index (χ1) is 13.1. The van der Waals surface area contributed by atoms with Crippen molar-refractivity contribution >= 4 is 24.1 Å². The molecular weight excluding hydrogens is 390 g/mol. The molecule has 0 unspecified atom stereocenters. The Morgan fingerprint density at radius 1 is 1.25 bits per heavy atom. The van der Waals surface area contributed by atoms with Gasteiger partial charge in [-0.25, -0.2) is 4.79 Å². The fraction of sp³-hybridized carbons (Fsp3) is 0.611. The molecule has 0 bridgehead atoms. The summed E-state index contributed by atoms with van der Waals surface area (Å²) in [7, 11) is 1.58. The van der Waals surface area contributed by atoms with Crippen LogP contribution in [0, 0.1) is 0 Å². The average molecular weight is 418 g/mol. The maximum absolute atomic E-state index is 12.2. The summed E-state index contributed by atoms with van der Waals surface area (Å²) < 4.78 is 16.2. The molecule has 9 nitrogen and oxygen atoms in total. The second-order valence-corrected chi connectivity index (χ2v) is 6.59. The smallest absolute Gasteiger partial charge is 0.319 e. The minimum Gasteiger partial charge on any atom is -0.497 e. The van der Waals surface area contributed by atoms with Crippen molar-refractivity contribution in [2.45, 2.75) is 24.4 Å². The quantitative estimate of drug-likeness (QED) is 0.517. The first kappa shape index (κ1) is 22.7. The summed E-state index contributed by atoms with van der Waals surface area (Å²) in [5.74, 6) is 0.706. The molecule has 2 fully saturated rings. The van der Waals surface area contributed by atoms with Gasteiger partial charge in [-0.3, -0.25) is 4.90 Å². The highest BCUT2D eigenvalue weighted by molar-refractivity contribution is 5.89. The maximum Gasteiger partial charge on any atom is 0.319 e. The van der Waals surface area contributed by atoms with E-state index in [0.29, 0.717) is 37.7 Å². The fourth-order valence-electron chi connectivity index (χ4n) is 3.51. The predicted octanol–water partition coefficient (Wildman–Crippen LogP) is 0.0599. The van der Waals surface area contributed by atoms with Crippen LogP contribution in [0.4, 0.5) is 10.5 Å². The van der Waals surface area contributed by atoms with Crippen LogP contribution in [0.2, 0.25) is 0 Å².